The van der Waals surface area contributed by atoms with Gasteiger partial charge in [-0.3, -0.25) is 4.79 Å². The van der Waals surface area contributed by atoms with Crippen LogP contribution in [0.2, 0.25) is 0 Å². The molecule has 1 atom stereocenters. The first-order chi connectivity index (χ1) is 13.6. The molecule has 1 N–H and O–H groups in total. The molecule has 0 fully saturated rings. The largest absolute Gasteiger partial charge is 0.503 e. The van der Waals surface area contributed by atoms with Gasteiger partial charge in [0.1, 0.15) is 0 Å². The van der Waals surface area contributed by atoms with E-state index in [4.69, 9.17) is 0 Å². The van der Waals surface area contributed by atoms with E-state index in [0.29, 0.717) is 12.1 Å². The summed E-state index contributed by atoms with van der Waals surface area (Å²) in [6.45, 7) is 0.532. The topological polar surface area (TPSA) is 40.5 Å². The molecule has 1 aliphatic heterocycles. The standard InChI is InChI=1S/C24H20BrNO2/c25-20-13-11-19(12-14-20)22-21(18-9-5-2-6-10-18)23(27)24(28)26(22)16-15-17-7-3-1-4-8-17/h1-14,22,27H,15-16H2/t22-/m1/s1. The molecule has 4 heteroatoms. The minimum absolute atomic E-state index is 0.160. The SMILES string of the molecule is O=C1C(O)=C(c2ccccc2)[C@@H](c2ccc(Br)cc2)N1CCc1ccccc1. The van der Waals surface area contributed by atoms with E-state index in [9.17, 15) is 9.90 Å². The van der Waals surface area contributed by atoms with Crippen molar-refractivity contribution in [3.05, 3.63) is 112 Å². The van der Waals surface area contributed by atoms with Crippen molar-refractivity contribution in [2.45, 2.75) is 12.5 Å². The van der Waals surface area contributed by atoms with E-state index >= 15 is 0 Å². The number of carbonyl (C=O) groups excluding carboxylic acids is 1. The summed E-state index contributed by atoms with van der Waals surface area (Å²) >= 11 is 3.47. The Bertz CT molecular complexity index is 998. The molecule has 140 valence electrons. The van der Waals surface area contributed by atoms with Gasteiger partial charge in [-0.1, -0.05) is 88.7 Å². The van der Waals surface area contributed by atoms with Crippen molar-refractivity contribution in [3.63, 3.8) is 0 Å². The zero-order valence-electron chi connectivity index (χ0n) is 15.3. The Morgan fingerprint density at radius 3 is 2.11 bits per heavy atom. The van der Waals surface area contributed by atoms with Crippen LogP contribution >= 0.6 is 15.9 Å². The monoisotopic (exact) mass is 433 g/mol. The predicted molar refractivity (Wildman–Crippen MR) is 115 cm³/mol. The molecule has 0 unspecified atom stereocenters. The highest BCUT2D eigenvalue weighted by Gasteiger charge is 2.40. The number of rotatable bonds is 5. The van der Waals surface area contributed by atoms with Gasteiger partial charge in [0.2, 0.25) is 0 Å². The first-order valence-corrected chi connectivity index (χ1v) is 10.0. The maximum Gasteiger partial charge on any atom is 0.289 e. The molecule has 0 bridgehead atoms. The van der Waals surface area contributed by atoms with E-state index in [0.717, 1.165) is 27.6 Å². The zero-order chi connectivity index (χ0) is 19.5. The second-order valence-corrected chi connectivity index (χ2v) is 7.73. The van der Waals surface area contributed by atoms with Crippen LogP contribution in [0.5, 0.6) is 0 Å². The molecule has 0 saturated carbocycles. The Balaban J connectivity index is 1.72. The van der Waals surface area contributed by atoms with Crippen LogP contribution in [-0.2, 0) is 11.2 Å². The van der Waals surface area contributed by atoms with Crippen LogP contribution in [0.15, 0.2) is 95.2 Å². The number of aliphatic hydroxyl groups excluding tert-OH is 1. The normalized spacial score (nSPS) is 16.7. The average Bonchev–Trinajstić information content (AvgIpc) is 2.99. The molecular weight excluding hydrogens is 414 g/mol. The van der Waals surface area contributed by atoms with Crippen LogP contribution in [-0.4, -0.2) is 22.5 Å². The molecule has 3 aromatic carbocycles. The van der Waals surface area contributed by atoms with Crippen LogP contribution in [0.1, 0.15) is 22.7 Å². The van der Waals surface area contributed by atoms with Crippen LogP contribution in [0.3, 0.4) is 0 Å². The van der Waals surface area contributed by atoms with Gasteiger partial charge in [0.25, 0.3) is 5.91 Å². The van der Waals surface area contributed by atoms with Gasteiger partial charge in [-0.05, 0) is 35.2 Å². The van der Waals surface area contributed by atoms with Gasteiger partial charge in [0.15, 0.2) is 5.76 Å². The molecule has 0 saturated heterocycles. The Kier molecular flexibility index (Phi) is 5.31. The molecule has 3 nitrogen and oxygen atoms in total. The highest BCUT2D eigenvalue weighted by Crippen LogP contribution is 2.43. The second-order valence-electron chi connectivity index (χ2n) is 6.82. The molecule has 28 heavy (non-hydrogen) atoms. The molecular formula is C24H20BrNO2. The highest BCUT2D eigenvalue weighted by atomic mass is 79.9. The first-order valence-electron chi connectivity index (χ1n) is 9.24. The summed E-state index contributed by atoms with van der Waals surface area (Å²) in [5.41, 5.74) is 3.68. The van der Waals surface area contributed by atoms with Crippen LogP contribution in [0.4, 0.5) is 0 Å². The number of halogens is 1. The third-order valence-corrected chi connectivity index (χ3v) is 5.59. The lowest BCUT2D eigenvalue weighted by Gasteiger charge is -2.27. The molecule has 0 aliphatic carbocycles. The van der Waals surface area contributed by atoms with Crippen LogP contribution in [0, 0.1) is 0 Å². The first kappa shape index (κ1) is 18.5. The lowest BCUT2D eigenvalue weighted by molar-refractivity contribution is -0.129. The van der Waals surface area contributed by atoms with E-state index < -0.39 is 0 Å². The molecule has 0 radical (unpaired) electrons. The van der Waals surface area contributed by atoms with Gasteiger partial charge in [0.05, 0.1) is 6.04 Å². The predicted octanol–water partition coefficient (Wildman–Crippen LogP) is 5.54. The second kappa shape index (κ2) is 8.03. The van der Waals surface area contributed by atoms with Crippen LogP contribution in [0.25, 0.3) is 5.57 Å². The van der Waals surface area contributed by atoms with Gasteiger partial charge in [-0.15, -0.1) is 0 Å². The minimum Gasteiger partial charge on any atom is -0.503 e. The maximum absolute atomic E-state index is 13.0. The summed E-state index contributed by atoms with van der Waals surface area (Å²) in [4.78, 5) is 14.7. The van der Waals surface area contributed by atoms with Crippen molar-refractivity contribution in [2.75, 3.05) is 6.54 Å². The smallest absolute Gasteiger partial charge is 0.289 e. The number of hydrogen-bond donors (Lipinski definition) is 1. The van der Waals surface area contributed by atoms with Gasteiger partial charge in [0, 0.05) is 16.6 Å². The van der Waals surface area contributed by atoms with Gasteiger partial charge in [-0.25, -0.2) is 0 Å². The minimum atomic E-state index is -0.317. The molecule has 0 aromatic heterocycles. The summed E-state index contributed by atoms with van der Waals surface area (Å²) in [6, 6.07) is 27.4. The molecule has 4 rings (SSSR count). The third kappa shape index (κ3) is 3.60. The van der Waals surface area contributed by atoms with Crippen molar-refractivity contribution >= 4 is 27.4 Å². The third-order valence-electron chi connectivity index (χ3n) is 5.06. The summed E-state index contributed by atoms with van der Waals surface area (Å²) in [5, 5.41) is 10.7. The lowest BCUT2D eigenvalue weighted by atomic mass is 9.93. The van der Waals surface area contributed by atoms with E-state index in [1.54, 1.807) is 4.90 Å². The van der Waals surface area contributed by atoms with E-state index in [1.165, 1.54) is 0 Å². The Hall–Kier alpha value is -2.85. The fraction of sp³-hybridized carbons (Fsp3) is 0.125. The number of nitrogens with zero attached hydrogens (tertiary/aromatic N) is 1. The zero-order valence-corrected chi connectivity index (χ0v) is 16.8. The van der Waals surface area contributed by atoms with Crippen molar-refractivity contribution in [2.24, 2.45) is 0 Å². The van der Waals surface area contributed by atoms with Crippen molar-refractivity contribution in [1.82, 2.24) is 4.90 Å². The molecule has 3 aromatic rings. The molecule has 1 heterocycles. The van der Waals surface area contributed by atoms with Crippen molar-refractivity contribution in [3.8, 4) is 0 Å². The summed E-state index contributed by atoms with van der Waals surface area (Å²) < 4.78 is 0.978. The Morgan fingerprint density at radius 1 is 0.857 bits per heavy atom. The quantitative estimate of drug-likeness (QED) is 0.573. The van der Waals surface area contributed by atoms with Crippen LogP contribution < -0.4 is 0 Å². The number of hydrogen-bond acceptors (Lipinski definition) is 2. The fourth-order valence-electron chi connectivity index (χ4n) is 3.68. The summed E-state index contributed by atoms with van der Waals surface area (Å²) in [6.07, 6.45) is 0.731. The molecule has 0 spiro atoms. The molecule has 1 amide bonds. The lowest BCUT2D eigenvalue weighted by Crippen LogP contribution is -2.32. The average molecular weight is 434 g/mol. The number of aliphatic hydroxyl groups is 1. The van der Waals surface area contributed by atoms with E-state index in [1.807, 2.05) is 72.8 Å². The maximum atomic E-state index is 13.0. The number of benzene rings is 3. The fourth-order valence-corrected chi connectivity index (χ4v) is 3.95. The van der Waals surface area contributed by atoms with E-state index in [-0.39, 0.29) is 17.7 Å². The highest BCUT2D eigenvalue weighted by molar-refractivity contribution is 9.10. The van der Waals surface area contributed by atoms with Gasteiger partial charge < -0.3 is 10.0 Å². The number of amides is 1. The van der Waals surface area contributed by atoms with E-state index in [2.05, 4.69) is 28.1 Å². The van der Waals surface area contributed by atoms with Crippen molar-refractivity contribution < 1.29 is 9.90 Å². The molecule has 1 aliphatic rings. The number of carbonyl (C=O) groups is 1. The van der Waals surface area contributed by atoms with Crippen molar-refractivity contribution in [1.29, 1.82) is 0 Å². The Labute approximate surface area is 173 Å². The van der Waals surface area contributed by atoms with Gasteiger partial charge >= 0.3 is 0 Å². The Morgan fingerprint density at radius 2 is 1.46 bits per heavy atom. The summed E-state index contributed by atoms with van der Waals surface area (Å²) in [7, 11) is 0. The summed E-state index contributed by atoms with van der Waals surface area (Å²) in [5.74, 6) is -0.477. The van der Waals surface area contributed by atoms with Gasteiger partial charge in [-0.2, -0.15) is 0 Å².